The van der Waals surface area contributed by atoms with Gasteiger partial charge in [0, 0.05) is 25.8 Å². The Morgan fingerprint density at radius 1 is 1.07 bits per heavy atom. The minimum Gasteiger partial charge on any atom is -0.349 e. The van der Waals surface area contributed by atoms with Crippen molar-refractivity contribution in [1.29, 1.82) is 0 Å². The summed E-state index contributed by atoms with van der Waals surface area (Å²) in [5.41, 5.74) is 3.46. The number of amides is 2. The van der Waals surface area contributed by atoms with Crippen molar-refractivity contribution in [3.8, 4) is 0 Å². The van der Waals surface area contributed by atoms with Gasteiger partial charge in [0.05, 0.1) is 5.52 Å². The number of benzene rings is 1. The molecule has 0 unspecified atom stereocenters. The maximum Gasteiger partial charge on any atom is 0.287 e. The predicted octanol–water partition coefficient (Wildman–Crippen LogP) is 3.45. The lowest BCUT2D eigenvalue weighted by molar-refractivity contribution is 0.0731. The van der Waals surface area contributed by atoms with Gasteiger partial charge >= 0.3 is 0 Å². The van der Waals surface area contributed by atoms with E-state index in [-0.39, 0.29) is 17.6 Å². The summed E-state index contributed by atoms with van der Waals surface area (Å²) in [6, 6.07) is 13.8. The molecule has 29 heavy (non-hydrogen) atoms. The number of pyridine rings is 1. The lowest BCUT2D eigenvalue weighted by atomic mass is 10.00. The zero-order valence-electron chi connectivity index (χ0n) is 16.7. The van der Waals surface area contributed by atoms with Gasteiger partial charge in [-0.15, -0.1) is 0 Å². The SMILES string of the molecule is CCCCCNC(=O)c1nc(C(=O)N2CCc3ccccc3C2)c2ccccn12. The van der Waals surface area contributed by atoms with Gasteiger partial charge in [0.1, 0.15) is 0 Å². The number of nitrogens with one attached hydrogen (secondary N) is 1. The van der Waals surface area contributed by atoms with Crippen LogP contribution in [-0.4, -0.2) is 39.2 Å². The van der Waals surface area contributed by atoms with Crippen molar-refractivity contribution in [2.24, 2.45) is 0 Å². The Morgan fingerprint density at radius 2 is 1.86 bits per heavy atom. The summed E-state index contributed by atoms with van der Waals surface area (Å²) in [4.78, 5) is 32.3. The molecule has 0 saturated heterocycles. The van der Waals surface area contributed by atoms with Crippen LogP contribution in [0.5, 0.6) is 0 Å². The van der Waals surface area contributed by atoms with Crippen LogP contribution in [-0.2, 0) is 13.0 Å². The largest absolute Gasteiger partial charge is 0.349 e. The summed E-state index contributed by atoms with van der Waals surface area (Å²) in [5, 5.41) is 2.92. The maximum atomic E-state index is 13.3. The van der Waals surface area contributed by atoms with Crippen LogP contribution >= 0.6 is 0 Å². The van der Waals surface area contributed by atoms with Crippen LogP contribution in [0.15, 0.2) is 48.7 Å². The number of imidazole rings is 1. The minimum absolute atomic E-state index is 0.131. The van der Waals surface area contributed by atoms with E-state index in [0.717, 1.165) is 25.7 Å². The van der Waals surface area contributed by atoms with E-state index in [4.69, 9.17) is 0 Å². The number of nitrogens with zero attached hydrogens (tertiary/aromatic N) is 3. The summed E-state index contributed by atoms with van der Waals surface area (Å²) in [5.74, 6) is -0.114. The third-order valence-corrected chi connectivity index (χ3v) is 5.44. The number of hydrogen-bond donors (Lipinski definition) is 1. The Kier molecular flexibility index (Phi) is 5.60. The lowest BCUT2D eigenvalue weighted by Gasteiger charge is -2.28. The first-order valence-electron chi connectivity index (χ1n) is 10.3. The molecule has 0 atom stereocenters. The predicted molar refractivity (Wildman–Crippen MR) is 112 cm³/mol. The molecule has 3 heterocycles. The molecule has 1 aromatic carbocycles. The number of carbonyl (C=O) groups excluding carboxylic acids is 2. The summed E-state index contributed by atoms with van der Waals surface area (Å²) in [6.45, 7) is 3.96. The van der Waals surface area contributed by atoms with Crippen molar-refractivity contribution < 1.29 is 9.59 Å². The number of fused-ring (bicyclic) bond motifs is 2. The fraction of sp³-hybridized carbons (Fsp3) is 0.348. The monoisotopic (exact) mass is 390 g/mol. The molecule has 6 nitrogen and oxygen atoms in total. The molecule has 2 amide bonds. The van der Waals surface area contributed by atoms with E-state index in [0.29, 0.717) is 30.8 Å². The Hall–Kier alpha value is -3.15. The van der Waals surface area contributed by atoms with Gasteiger partial charge in [-0.1, -0.05) is 50.1 Å². The molecule has 1 aliphatic rings. The van der Waals surface area contributed by atoms with Crippen LogP contribution in [0.25, 0.3) is 5.52 Å². The molecule has 2 aromatic heterocycles. The summed E-state index contributed by atoms with van der Waals surface area (Å²) in [7, 11) is 0. The molecule has 3 aromatic rings. The fourth-order valence-electron chi connectivity index (χ4n) is 3.83. The fourth-order valence-corrected chi connectivity index (χ4v) is 3.83. The van der Waals surface area contributed by atoms with Crippen LogP contribution < -0.4 is 5.32 Å². The highest BCUT2D eigenvalue weighted by molar-refractivity contribution is 6.02. The van der Waals surface area contributed by atoms with Crippen LogP contribution in [0, 0.1) is 0 Å². The average molecular weight is 390 g/mol. The number of rotatable bonds is 6. The van der Waals surface area contributed by atoms with Crippen LogP contribution in [0.2, 0.25) is 0 Å². The molecule has 0 fully saturated rings. The van der Waals surface area contributed by atoms with E-state index >= 15 is 0 Å². The van der Waals surface area contributed by atoms with E-state index in [9.17, 15) is 9.59 Å². The first kappa shape index (κ1) is 19.2. The van der Waals surface area contributed by atoms with Gasteiger partial charge in [0.15, 0.2) is 5.69 Å². The highest BCUT2D eigenvalue weighted by Crippen LogP contribution is 2.22. The molecule has 0 aliphatic carbocycles. The van der Waals surface area contributed by atoms with Crippen molar-refractivity contribution in [3.05, 3.63) is 71.3 Å². The van der Waals surface area contributed by atoms with E-state index in [1.165, 1.54) is 11.1 Å². The molecule has 0 bridgehead atoms. The third kappa shape index (κ3) is 3.88. The first-order valence-corrected chi connectivity index (χ1v) is 10.3. The van der Waals surface area contributed by atoms with Gasteiger partial charge < -0.3 is 10.2 Å². The molecule has 0 spiro atoms. The smallest absolute Gasteiger partial charge is 0.287 e. The van der Waals surface area contributed by atoms with E-state index < -0.39 is 0 Å². The van der Waals surface area contributed by atoms with Crippen LogP contribution in [0.3, 0.4) is 0 Å². The third-order valence-electron chi connectivity index (χ3n) is 5.44. The molecular weight excluding hydrogens is 364 g/mol. The maximum absolute atomic E-state index is 13.3. The van der Waals surface area contributed by atoms with E-state index in [2.05, 4.69) is 29.4 Å². The Bertz CT molecular complexity index is 1040. The van der Waals surface area contributed by atoms with Gasteiger partial charge in [-0.05, 0) is 36.1 Å². The standard InChI is InChI=1S/C23H26N4O2/c1-2-3-7-13-24-22(28)21-25-20(19-11-6-8-14-27(19)21)23(29)26-15-12-17-9-4-5-10-18(17)16-26/h4-6,8-11,14H,2-3,7,12-13,15-16H2,1H3,(H,24,28). The topological polar surface area (TPSA) is 66.7 Å². The molecule has 1 aliphatic heterocycles. The quantitative estimate of drug-likeness (QED) is 0.656. The van der Waals surface area contributed by atoms with E-state index in [1.807, 2.05) is 35.2 Å². The second kappa shape index (κ2) is 8.47. The number of aromatic nitrogens is 2. The van der Waals surface area contributed by atoms with Crippen molar-refractivity contribution >= 4 is 17.3 Å². The summed E-state index contributed by atoms with van der Waals surface area (Å²) >= 11 is 0. The van der Waals surface area contributed by atoms with Gasteiger partial charge in [-0.25, -0.2) is 4.98 Å². The average Bonchev–Trinajstić information content (AvgIpc) is 3.15. The lowest BCUT2D eigenvalue weighted by Crippen LogP contribution is -2.36. The molecule has 4 rings (SSSR count). The zero-order chi connectivity index (χ0) is 20.2. The summed E-state index contributed by atoms with van der Waals surface area (Å²) < 4.78 is 1.71. The normalized spacial score (nSPS) is 13.3. The summed E-state index contributed by atoms with van der Waals surface area (Å²) in [6.07, 6.45) is 5.72. The van der Waals surface area contributed by atoms with Crippen molar-refractivity contribution in [2.45, 2.75) is 39.2 Å². The van der Waals surface area contributed by atoms with Gasteiger partial charge in [0.25, 0.3) is 11.8 Å². The second-order valence-electron chi connectivity index (χ2n) is 7.45. The van der Waals surface area contributed by atoms with Crippen molar-refractivity contribution in [1.82, 2.24) is 19.6 Å². The molecule has 150 valence electrons. The number of carbonyl (C=O) groups is 2. The highest BCUT2D eigenvalue weighted by atomic mass is 16.2. The molecule has 1 N–H and O–H groups in total. The van der Waals surface area contributed by atoms with Gasteiger partial charge in [0.2, 0.25) is 5.82 Å². The van der Waals surface area contributed by atoms with Crippen molar-refractivity contribution in [2.75, 3.05) is 13.1 Å². The number of hydrogen-bond acceptors (Lipinski definition) is 3. The highest BCUT2D eigenvalue weighted by Gasteiger charge is 2.27. The Morgan fingerprint density at radius 3 is 2.69 bits per heavy atom. The van der Waals surface area contributed by atoms with Crippen LogP contribution in [0.1, 0.15) is 58.4 Å². The van der Waals surface area contributed by atoms with E-state index in [1.54, 1.807) is 10.6 Å². The zero-order valence-corrected chi connectivity index (χ0v) is 16.7. The molecule has 0 saturated carbocycles. The molecule has 0 radical (unpaired) electrons. The Balaban J connectivity index is 1.59. The number of unbranched alkanes of at least 4 members (excludes halogenated alkanes) is 2. The van der Waals surface area contributed by atoms with Crippen LogP contribution in [0.4, 0.5) is 0 Å². The molecule has 6 heteroatoms. The van der Waals surface area contributed by atoms with Gasteiger partial charge in [-0.3, -0.25) is 14.0 Å². The molecular formula is C23H26N4O2. The Labute approximate surface area is 170 Å². The van der Waals surface area contributed by atoms with Crippen molar-refractivity contribution in [3.63, 3.8) is 0 Å². The van der Waals surface area contributed by atoms with Gasteiger partial charge in [-0.2, -0.15) is 0 Å². The second-order valence-corrected chi connectivity index (χ2v) is 7.45. The first-order chi connectivity index (χ1) is 14.2. The minimum atomic E-state index is -0.245.